The van der Waals surface area contributed by atoms with E-state index in [0.29, 0.717) is 12.2 Å². The van der Waals surface area contributed by atoms with Crippen molar-refractivity contribution in [3.63, 3.8) is 0 Å². The lowest BCUT2D eigenvalue weighted by Gasteiger charge is -2.27. The minimum Gasteiger partial charge on any atom is -0.488 e. The summed E-state index contributed by atoms with van der Waals surface area (Å²) in [5, 5.41) is 0. The molecule has 4 rings (SSSR count). The molecule has 2 saturated carbocycles. The van der Waals surface area contributed by atoms with E-state index in [-0.39, 0.29) is 0 Å². The van der Waals surface area contributed by atoms with Gasteiger partial charge in [-0.15, -0.1) is 0 Å². The molecule has 0 saturated heterocycles. The van der Waals surface area contributed by atoms with E-state index in [9.17, 15) is 0 Å². The third-order valence-corrected chi connectivity index (χ3v) is 5.42. The molecule has 25 heavy (non-hydrogen) atoms. The summed E-state index contributed by atoms with van der Waals surface area (Å²) in [6.45, 7) is 0. The number of nitrogens with zero attached hydrogens (tertiary/aromatic N) is 2. The Morgan fingerprint density at radius 2 is 1.36 bits per heavy atom. The van der Waals surface area contributed by atoms with Crippen molar-refractivity contribution < 1.29 is 9.47 Å². The van der Waals surface area contributed by atoms with Crippen LogP contribution in [-0.2, 0) is 0 Å². The summed E-state index contributed by atoms with van der Waals surface area (Å²) in [4.78, 5) is 4.23. The third kappa shape index (κ3) is 4.00. The van der Waals surface area contributed by atoms with Crippen molar-refractivity contribution in [2.45, 2.75) is 76.4 Å². The van der Waals surface area contributed by atoms with Gasteiger partial charge in [0.1, 0.15) is 17.2 Å². The molecule has 2 aromatic rings. The van der Waals surface area contributed by atoms with E-state index in [0.717, 1.165) is 42.9 Å². The molecule has 0 aliphatic heterocycles. The molecule has 0 radical (unpaired) electrons. The lowest BCUT2D eigenvalue weighted by atomic mass is 9.97. The third-order valence-electron chi connectivity index (χ3n) is 5.42. The zero-order valence-corrected chi connectivity index (χ0v) is 14.9. The van der Waals surface area contributed by atoms with Gasteiger partial charge in [0.25, 0.3) is 0 Å². The fraction of sp³-hybridized carbons (Fsp3) is 0.571. The summed E-state index contributed by atoms with van der Waals surface area (Å²) in [5.74, 6) is 1.83. The number of imidazole rings is 1. The highest BCUT2D eigenvalue weighted by molar-refractivity contribution is 5.57. The van der Waals surface area contributed by atoms with Gasteiger partial charge in [-0.1, -0.05) is 18.9 Å². The molecule has 0 unspecified atom stereocenters. The quantitative estimate of drug-likeness (QED) is 0.741. The Bertz CT molecular complexity index is 618. The smallest absolute Gasteiger partial charge is 0.147 e. The molecule has 1 heterocycles. The van der Waals surface area contributed by atoms with Crippen LogP contribution in [0.4, 0.5) is 0 Å². The van der Waals surface area contributed by atoms with Gasteiger partial charge in [-0.25, -0.2) is 4.98 Å². The Hall–Kier alpha value is -1.97. The van der Waals surface area contributed by atoms with Crippen LogP contribution in [0.15, 0.2) is 36.9 Å². The van der Waals surface area contributed by atoms with Gasteiger partial charge >= 0.3 is 0 Å². The van der Waals surface area contributed by atoms with Crippen LogP contribution in [0.3, 0.4) is 0 Å². The molecule has 0 N–H and O–H groups in total. The molecular weight excluding hydrogens is 312 g/mol. The predicted octanol–water partition coefficient (Wildman–Crippen LogP) is 5.30. The highest BCUT2D eigenvalue weighted by Crippen LogP contribution is 2.36. The Balaban J connectivity index is 1.62. The van der Waals surface area contributed by atoms with Crippen molar-refractivity contribution in [2.75, 3.05) is 0 Å². The van der Waals surface area contributed by atoms with Gasteiger partial charge in [-0.2, -0.15) is 0 Å². The first-order valence-corrected chi connectivity index (χ1v) is 9.85. The van der Waals surface area contributed by atoms with Gasteiger partial charge in [0.15, 0.2) is 0 Å². The molecule has 1 aromatic heterocycles. The van der Waals surface area contributed by atoms with E-state index in [1.807, 2.05) is 23.3 Å². The summed E-state index contributed by atoms with van der Waals surface area (Å²) in [6, 6.07) is 6.19. The summed E-state index contributed by atoms with van der Waals surface area (Å²) in [5.41, 5.74) is 0.996. The topological polar surface area (TPSA) is 36.3 Å². The molecule has 2 fully saturated rings. The van der Waals surface area contributed by atoms with Crippen LogP contribution in [0.25, 0.3) is 5.69 Å². The van der Waals surface area contributed by atoms with Crippen LogP contribution in [0, 0.1) is 0 Å². The summed E-state index contributed by atoms with van der Waals surface area (Å²) in [7, 11) is 0. The first-order chi connectivity index (χ1) is 12.4. The lowest BCUT2D eigenvalue weighted by Crippen LogP contribution is -2.22. The number of aromatic nitrogens is 2. The van der Waals surface area contributed by atoms with Gasteiger partial charge in [0, 0.05) is 12.4 Å². The van der Waals surface area contributed by atoms with Crippen molar-refractivity contribution in [2.24, 2.45) is 0 Å². The molecule has 134 valence electrons. The standard InChI is InChI=1S/C21H28N2O2/c1-3-8-17(9-4-1)24-19-12-7-13-20(21(19)23-15-14-22-16-23)25-18-10-5-2-6-11-18/h7,12-18H,1-6,8-11H2. The normalized spacial score (nSPS) is 19.7. The first kappa shape index (κ1) is 16.5. The molecule has 0 spiro atoms. The highest BCUT2D eigenvalue weighted by Gasteiger charge is 2.22. The summed E-state index contributed by atoms with van der Waals surface area (Å²) in [6.07, 6.45) is 18.6. The summed E-state index contributed by atoms with van der Waals surface area (Å²) < 4.78 is 14.8. The van der Waals surface area contributed by atoms with E-state index in [1.165, 1.54) is 38.5 Å². The lowest BCUT2D eigenvalue weighted by molar-refractivity contribution is 0.145. The van der Waals surface area contributed by atoms with Crippen LogP contribution in [0.1, 0.15) is 64.2 Å². The minimum atomic E-state index is 0.320. The molecule has 1 aromatic carbocycles. The van der Waals surface area contributed by atoms with E-state index in [2.05, 4.69) is 23.2 Å². The Morgan fingerprint density at radius 3 is 1.84 bits per heavy atom. The molecule has 0 atom stereocenters. The van der Waals surface area contributed by atoms with E-state index < -0.39 is 0 Å². The average molecular weight is 340 g/mol. The summed E-state index contributed by atoms with van der Waals surface area (Å²) >= 11 is 0. The van der Waals surface area contributed by atoms with Crippen LogP contribution >= 0.6 is 0 Å². The van der Waals surface area contributed by atoms with Crippen molar-refractivity contribution in [1.29, 1.82) is 0 Å². The van der Waals surface area contributed by atoms with E-state index >= 15 is 0 Å². The SMILES string of the molecule is c1cc(OC2CCCCC2)c(-n2ccnc2)c(OC2CCCCC2)c1. The monoisotopic (exact) mass is 340 g/mol. The molecular formula is C21H28N2O2. The number of rotatable bonds is 5. The predicted molar refractivity (Wildman–Crippen MR) is 98.6 cm³/mol. The maximum Gasteiger partial charge on any atom is 0.147 e. The number of ether oxygens (including phenoxy) is 2. The van der Waals surface area contributed by atoms with Crippen LogP contribution in [0.5, 0.6) is 11.5 Å². The van der Waals surface area contributed by atoms with Gasteiger partial charge in [-0.05, 0) is 63.5 Å². The molecule has 4 heteroatoms. The van der Waals surface area contributed by atoms with Crippen LogP contribution in [-0.4, -0.2) is 21.8 Å². The van der Waals surface area contributed by atoms with Crippen molar-refractivity contribution in [3.05, 3.63) is 36.9 Å². The Morgan fingerprint density at radius 1 is 0.800 bits per heavy atom. The first-order valence-electron chi connectivity index (χ1n) is 9.85. The van der Waals surface area contributed by atoms with Gasteiger partial charge in [0.2, 0.25) is 0 Å². The average Bonchev–Trinajstić information content (AvgIpc) is 3.18. The zero-order valence-electron chi connectivity index (χ0n) is 14.9. The fourth-order valence-electron chi connectivity index (χ4n) is 4.06. The number of hydrogen-bond donors (Lipinski definition) is 0. The van der Waals surface area contributed by atoms with E-state index in [4.69, 9.17) is 9.47 Å². The van der Waals surface area contributed by atoms with Crippen molar-refractivity contribution >= 4 is 0 Å². The fourth-order valence-corrected chi connectivity index (χ4v) is 4.06. The van der Waals surface area contributed by atoms with Crippen molar-refractivity contribution in [1.82, 2.24) is 9.55 Å². The maximum absolute atomic E-state index is 6.41. The highest BCUT2D eigenvalue weighted by atomic mass is 16.5. The maximum atomic E-state index is 6.41. The van der Waals surface area contributed by atoms with E-state index in [1.54, 1.807) is 0 Å². The van der Waals surface area contributed by atoms with Gasteiger partial charge < -0.3 is 9.47 Å². The largest absolute Gasteiger partial charge is 0.488 e. The van der Waals surface area contributed by atoms with Crippen molar-refractivity contribution in [3.8, 4) is 17.2 Å². The minimum absolute atomic E-state index is 0.320. The molecule has 2 aliphatic rings. The van der Waals surface area contributed by atoms with Crippen LogP contribution in [0.2, 0.25) is 0 Å². The number of benzene rings is 1. The second-order valence-electron chi connectivity index (χ2n) is 7.33. The molecule has 0 amide bonds. The van der Waals surface area contributed by atoms with Crippen LogP contribution < -0.4 is 9.47 Å². The second kappa shape index (κ2) is 7.94. The van der Waals surface area contributed by atoms with Gasteiger partial charge in [-0.3, -0.25) is 4.57 Å². The number of hydrogen-bond acceptors (Lipinski definition) is 3. The Labute approximate surface area is 150 Å². The Kier molecular flexibility index (Phi) is 5.24. The number of para-hydroxylation sites is 1. The van der Waals surface area contributed by atoms with Gasteiger partial charge in [0.05, 0.1) is 18.5 Å². The zero-order chi connectivity index (χ0) is 16.9. The molecule has 4 nitrogen and oxygen atoms in total. The molecule has 0 bridgehead atoms. The second-order valence-corrected chi connectivity index (χ2v) is 7.33. The molecule has 2 aliphatic carbocycles.